The van der Waals surface area contributed by atoms with Crippen molar-refractivity contribution in [3.05, 3.63) is 71.8 Å². The van der Waals surface area contributed by atoms with Crippen molar-refractivity contribution in [2.75, 3.05) is 28.2 Å². The molecule has 64 heavy (non-hydrogen) atoms. The number of carbonyl (C=O) groups is 8. The topological polar surface area (TPSA) is 186 Å². The molecule has 0 saturated carbocycles. The monoisotopic (exact) mass is 892 g/mol. The number of esters is 4. The van der Waals surface area contributed by atoms with Gasteiger partial charge in [0.05, 0.1) is 0 Å². The number of rotatable bonds is 8. The van der Waals surface area contributed by atoms with Crippen molar-refractivity contribution >= 4 is 47.5 Å². The van der Waals surface area contributed by atoms with Crippen LogP contribution in [0.2, 0.25) is 0 Å². The van der Waals surface area contributed by atoms with Gasteiger partial charge in [0.15, 0.2) is 24.4 Å². The molecule has 16 heteroatoms. The number of ether oxygens (including phenoxy) is 4. The fraction of sp³-hybridized carbons (Fsp3) is 0.583. The average molecular weight is 893 g/mol. The van der Waals surface area contributed by atoms with Crippen LogP contribution < -0.4 is 0 Å². The summed E-state index contributed by atoms with van der Waals surface area (Å²) in [5.41, 5.74) is 1.28. The zero-order valence-corrected chi connectivity index (χ0v) is 39.8. The second kappa shape index (κ2) is 23.2. The minimum Gasteiger partial charge on any atom is -0.451 e. The maximum atomic E-state index is 14.5. The molecule has 352 valence electrons. The van der Waals surface area contributed by atoms with E-state index in [-0.39, 0.29) is 12.8 Å². The van der Waals surface area contributed by atoms with E-state index >= 15 is 0 Å². The Morgan fingerprint density at radius 3 is 0.875 bits per heavy atom. The minimum atomic E-state index is -1.48. The molecule has 1 heterocycles. The number of cyclic esters (lactones) is 4. The maximum Gasteiger partial charge on any atom is 0.329 e. The largest absolute Gasteiger partial charge is 0.451 e. The number of amides is 4. The molecule has 8 atom stereocenters. The molecule has 1 fully saturated rings. The van der Waals surface area contributed by atoms with Crippen molar-refractivity contribution in [2.24, 2.45) is 23.7 Å². The van der Waals surface area contributed by atoms with Crippen LogP contribution in [-0.2, 0) is 70.1 Å². The van der Waals surface area contributed by atoms with Gasteiger partial charge in [0, 0.05) is 41.0 Å². The third-order valence-electron chi connectivity index (χ3n) is 11.4. The van der Waals surface area contributed by atoms with Gasteiger partial charge in [-0.2, -0.15) is 0 Å². The standard InChI is InChI=1S/C48H68N4O12/c1-27(2)37-45(57)61-31(9)41(53)49(11)40(30(7)8)48(60)64-36(26-34-23-19-16-20-24-34)44(56)52(14)38(28(3)4)46(58)62-32(10)42(54)50(12)39(29(5)6)47(59)63-35(43(55)51(37)13)25-33-21-17-15-18-22-33/h15-24,27-32,35-40H,25-26H2,1-14H3. The molecular weight excluding hydrogens is 825 g/mol. The number of benzene rings is 2. The van der Waals surface area contributed by atoms with E-state index in [1.165, 1.54) is 42.0 Å². The van der Waals surface area contributed by atoms with Crippen LogP contribution in [0.4, 0.5) is 0 Å². The number of hydrogen-bond donors (Lipinski definition) is 0. The molecule has 0 spiro atoms. The third-order valence-corrected chi connectivity index (χ3v) is 11.4. The lowest BCUT2D eigenvalue weighted by atomic mass is 9.99. The molecule has 1 saturated heterocycles. The van der Waals surface area contributed by atoms with Gasteiger partial charge in [0.1, 0.15) is 24.2 Å². The van der Waals surface area contributed by atoms with Gasteiger partial charge in [0.25, 0.3) is 23.6 Å². The highest BCUT2D eigenvalue weighted by Crippen LogP contribution is 2.24. The highest BCUT2D eigenvalue weighted by Gasteiger charge is 2.44. The highest BCUT2D eigenvalue weighted by atomic mass is 16.6. The van der Waals surface area contributed by atoms with Gasteiger partial charge in [-0.25, -0.2) is 19.2 Å². The van der Waals surface area contributed by atoms with Gasteiger partial charge in [-0.3, -0.25) is 19.2 Å². The van der Waals surface area contributed by atoms with Crippen LogP contribution in [0, 0.1) is 23.7 Å². The summed E-state index contributed by atoms with van der Waals surface area (Å²) in [6.07, 6.45) is -6.04. The first-order valence-electron chi connectivity index (χ1n) is 21.9. The minimum absolute atomic E-state index is 0.0898. The zero-order chi connectivity index (χ0) is 48.3. The Morgan fingerprint density at radius 2 is 0.625 bits per heavy atom. The summed E-state index contributed by atoms with van der Waals surface area (Å²) in [5, 5.41) is 0. The Bertz CT molecular complexity index is 1800. The van der Waals surface area contributed by atoms with Crippen LogP contribution in [0.15, 0.2) is 60.7 Å². The molecule has 3 rings (SSSR count). The van der Waals surface area contributed by atoms with E-state index in [1.807, 2.05) is 0 Å². The molecule has 0 bridgehead atoms. The Kier molecular flexibility index (Phi) is 19.1. The van der Waals surface area contributed by atoms with Crippen LogP contribution in [0.5, 0.6) is 0 Å². The fourth-order valence-corrected chi connectivity index (χ4v) is 8.11. The Morgan fingerprint density at radius 1 is 0.391 bits per heavy atom. The van der Waals surface area contributed by atoms with E-state index in [1.54, 1.807) is 116 Å². The number of carbonyl (C=O) groups excluding carboxylic acids is 8. The van der Waals surface area contributed by atoms with Gasteiger partial charge in [-0.15, -0.1) is 0 Å². The fourth-order valence-electron chi connectivity index (χ4n) is 8.11. The summed E-state index contributed by atoms with van der Waals surface area (Å²) in [6.45, 7) is 16.2. The molecular formula is C48H68N4O12. The van der Waals surface area contributed by atoms with E-state index < -0.39 is 120 Å². The zero-order valence-electron chi connectivity index (χ0n) is 39.8. The first-order valence-corrected chi connectivity index (χ1v) is 21.9. The summed E-state index contributed by atoms with van der Waals surface area (Å²) in [7, 11) is 5.45. The molecule has 0 aliphatic carbocycles. The van der Waals surface area contributed by atoms with Crippen molar-refractivity contribution in [3.8, 4) is 0 Å². The van der Waals surface area contributed by atoms with Crippen LogP contribution in [0.3, 0.4) is 0 Å². The summed E-state index contributed by atoms with van der Waals surface area (Å²) in [4.78, 5) is 118. The number of likely N-dealkylation sites (N-methyl/N-ethyl adjacent to an activating group) is 4. The smallest absolute Gasteiger partial charge is 0.329 e. The first kappa shape index (κ1) is 52.5. The molecule has 4 amide bonds. The SMILES string of the molecule is CC1OC(=O)C(C(C)C)N(C)C(=O)C(Cc2ccccc2)OC(=O)C(C(C)C)N(C)C(=O)C(C)OC(=O)C(C(C)C)N(C)C(=O)C(Cc2ccccc2)OC(=O)C(C(C)C)N(C)C1=O. The summed E-state index contributed by atoms with van der Waals surface area (Å²) in [5.74, 6) is -8.94. The lowest BCUT2D eigenvalue weighted by Crippen LogP contribution is -2.56. The molecule has 0 aromatic heterocycles. The normalized spacial score (nSPS) is 26.0. The van der Waals surface area contributed by atoms with Gasteiger partial charge < -0.3 is 38.5 Å². The lowest BCUT2D eigenvalue weighted by Gasteiger charge is -2.36. The van der Waals surface area contributed by atoms with Gasteiger partial charge in [0.2, 0.25) is 0 Å². The van der Waals surface area contributed by atoms with Crippen molar-refractivity contribution in [3.63, 3.8) is 0 Å². The molecule has 1 aliphatic heterocycles. The van der Waals surface area contributed by atoms with Crippen LogP contribution in [-0.4, -0.2) is 144 Å². The van der Waals surface area contributed by atoms with Crippen LogP contribution >= 0.6 is 0 Å². The Balaban J connectivity index is 2.20. The molecule has 8 unspecified atom stereocenters. The van der Waals surface area contributed by atoms with E-state index in [9.17, 15) is 38.4 Å². The second-order valence-electron chi connectivity index (χ2n) is 17.9. The lowest BCUT2D eigenvalue weighted by molar-refractivity contribution is -0.177. The maximum absolute atomic E-state index is 14.5. The van der Waals surface area contributed by atoms with Gasteiger partial charge >= 0.3 is 23.9 Å². The predicted molar refractivity (Wildman–Crippen MR) is 237 cm³/mol. The molecule has 16 nitrogen and oxygen atoms in total. The Labute approximate surface area is 377 Å². The molecule has 1 aliphatic rings. The van der Waals surface area contributed by atoms with Crippen molar-refractivity contribution in [1.29, 1.82) is 0 Å². The van der Waals surface area contributed by atoms with Gasteiger partial charge in [-0.1, -0.05) is 116 Å². The van der Waals surface area contributed by atoms with Crippen molar-refractivity contribution < 1.29 is 57.3 Å². The van der Waals surface area contributed by atoms with Crippen molar-refractivity contribution in [2.45, 2.75) is 131 Å². The van der Waals surface area contributed by atoms with Gasteiger partial charge in [-0.05, 0) is 48.6 Å². The summed E-state index contributed by atoms with van der Waals surface area (Å²) >= 11 is 0. The summed E-state index contributed by atoms with van der Waals surface area (Å²) < 4.78 is 23.4. The molecule has 0 radical (unpaired) electrons. The van der Waals surface area contributed by atoms with Crippen molar-refractivity contribution in [1.82, 2.24) is 19.6 Å². The quantitative estimate of drug-likeness (QED) is 0.273. The molecule has 2 aromatic carbocycles. The van der Waals surface area contributed by atoms with E-state index in [0.717, 1.165) is 19.6 Å². The Hall–Kier alpha value is -5.80. The first-order chi connectivity index (χ1) is 29.9. The van der Waals surface area contributed by atoms with E-state index in [0.29, 0.717) is 11.1 Å². The van der Waals surface area contributed by atoms with E-state index in [2.05, 4.69) is 0 Å². The van der Waals surface area contributed by atoms with Crippen LogP contribution in [0.25, 0.3) is 0 Å². The average Bonchev–Trinajstić information content (AvgIpc) is 3.21. The third kappa shape index (κ3) is 13.1. The van der Waals surface area contributed by atoms with E-state index in [4.69, 9.17) is 18.9 Å². The summed E-state index contributed by atoms with van der Waals surface area (Å²) in [6, 6.07) is 12.5. The number of hydrogen-bond acceptors (Lipinski definition) is 12. The molecule has 0 N–H and O–H groups in total. The molecule has 2 aromatic rings. The number of nitrogens with zero attached hydrogens (tertiary/aromatic N) is 4. The highest BCUT2D eigenvalue weighted by molar-refractivity contribution is 5.94. The van der Waals surface area contributed by atoms with Crippen LogP contribution in [0.1, 0.15) is 80.4 Å². The predicted octanol–water partition coefficient (Wildman–Crippen LogP) is 4.10. The second-order valence-corrected chi connectivity index (χ2v) is 17.9.